The van der Waals surface area contributed by atoms with Crippen LogP contribution in [0.4, 0.5) is 0 Å². The Labute approximate surface area is 169 Å². The number of nitrogens with one attached hydrogen (secondary N) is 2. The summed E-state index contributed by atoms with van der Waals surface area (Å²) >= 11 is 1.34. The number of hydrazine groups is 1. The minimum absolute atomic E-state index is 0.126. The average molecular weight is 388 g/mol. The Morgan fingerprint density at radius 1 is 1.00 bits per heavy atom. The fourth-order valence-corrected chi connectivity index (χ4v) is 3.94. The van der Waals surface area contributed by atoms with E-state index in [1.54, 1.807) is 0 Å². The van der Waals surface area contributed by atoms with E-state index in [1.807, 2.05) is 43.5 Å². The van der Waals surface area contributed by atoms with E-state index < -0.39 is 0 Å². The highest BCUT2D eigenvalue weighted by Gasteiger charge is 2.19. The fourth-order valence-electron chi connectivity index (χ4n) is 3.25. The highest BCUT2D eigenvalue weighted by molar-refractivity contribution is 8.02. The van der Waals surface area contributed by atoms with Crippen LogP contribution in [0.25, 0.3) is 22.4 Å². The van der Waals surface area contributed by atoms with Gasteiger partial charge in [0.1, 0.15) is 0 Å². The molecule has 4 nitrogen and oxygen atoms in total. The lowest BCUT2D eigenvalue weighted by Crippen LogP contribution is -2.16. The molecule has 0 bridgehead atoms. The molecule has 0 aliphatic carbocycles. The zero-order valence-electron chi connectivity index (χ0n) is 15.8. The number of benzene rings is 2. The van der Waals surface area contributed by atoms with Crippen molar-refractivity contribution in [3.8, 4) is 22.4 Å². The molecule has 0 saturated heterocycles. The van der Waals surface area contributed by atoms with Gasteiger partial charge in [-0.05, 0) is 66.2 Å². The van der Waals surface area contributed by atoms with Crippen molar-refractivity contribution in [2.24, 2.45) is 0 Å². The third kappa shape index (κ3) is 3.86. The number of allylic oxidation sites excluding steroid dienone is 2. The van der Waals surface area contributed by atoms with E-state index in [2.05, 4.69) is 52.5 Å². The van der Waals surface area contributed by atoms with E-state index in [0.717, 1.165) is 33.0 Å². The molecule has 140 valence electrons. The molecule has 2 heterocycles. The molecule has 0 radical (unpaired) electrons. The van der Waals surface area contributed by atoms with Crippen molar-refractivity contribution in [1.29, 1.82) is 0 Å². The predicted molar refractivity (Wildman–Crippen MR) is 115 cm³/mol. The van der Waals surface area contributed by atoms with E-state index >= 15 is 0 Å². The number of rotatable bonds is 5. The lowest BCUT2D eigenvalue weighted by atomic mass is 9.95. The molecular weight excluding hydrogens is 366 g/mol. The summed E-state index contributed by atoms with van der Waals surface area (Å²) in [6.45, 7) is 4.02. The van der Waals surface area contributed by atoms with Crippen LogP contribution < -0.4 is 10.3 Å². The molecule has 1 aliphatic heterocycles. The summed E-state index contributed by atoms with van der Waals surface area (Å²) in [6, 6.07) is 20.6. The number of ketones is 1. The van der Waals surface area contributed by atoms with Crippen LogP contribution in [0.1, 0.15) is 18.1 Å². The average Bonchev–Trinajstić information content (AvgIpc) is 3.16. The third-order valence-electron chi connectivity index (χ3n) is 4.81. The molecule has 28 heavy (non-hydrogen) atoms. The number of carbonyl (C=O) groups excluding carboxylic acids is 1. The van der Waals surface area contributed by atoms with Crippen LogP contribution in [0, 0.1) is 6.92 Å². The maximum atomic E-state index is 12.5. The molecule has 1 aromatic heterocycles. The third-order valence-corrected chi connectivity index (χ3v) is 5.76. The first-order valence-electron chi connectivity index (χ1n) is 9.15. The number of hydrogen-bond acceptors (Lipinski definition) is 5. The zero-order valence-corrected chi connectivity index (χ0v) is 16.6. The smallest absolute Gasteiger partial charge is 0.176 e. The summed E-state index contributed by atoms with van der Waals surface area (Å²) < 4.78 is 0. The number of Topliss-reactive ketones (excluding diaryl/α,β-unsaturated/α-hetero) is 1. The first-order valence-corrected chi connectivity index (χ1v) is 9.97. The van der Waals surface area contributed by atoms with Crippen molar-refractivity contribution >= 4 is 17.7 Å². The first kappa shape index (κ1) is 18.5. The van der Waals surface area contributed by atoms with Crippen molar-refractivity contribution in [2.75, 3.05) is 0 Å². The topological polar surface area (TPSA) is 54.0 Å². The monoisotopic (exact) mass is 387 g/mol. The summed E-state index contributed by atoms with van der Waals surface area (Å²) in [5.74, 6) is 0.126. The first-order chi connectivity index (χ1) is 13.6. The van der Waals surface area contributed by atoms with Crippen molar-refractivity contribution in [2.45, 2.75) is 20.3 Å². The second kappa shape index (κ2) is 8.00. The van der Waals surface area contributed by atoms with Crippen LogP contribution in [-0.4, -0.2) is 10.8 Å². The van der Waals surface area contributed by atoms with Gasteiger partial charge >= 0.3 is 0 Å². The van der Waals surface area contributed by atoms with E-state index in [9.17, 15) is 4.79 Å². The molecule has 2 N–H and O–H groups in total. The van der Waals surface area contributed by atoms with Gasteiger partial charge < -0.3 is 5.43 Å². The SMILES string of the molecule is CC1=C(C(=O)Cc2ccc(-c3cc(-c4ccccn4)ccc3C)cc2)SNN1. The summed E-state index contributed by atoms with van der Waals surface area (Å²) in [5.41, 5.74) is 10.4. The second-order valence-electron chi connectivity index (χ2n) is 6.82. The van der Waals surface area contributed by atoms with Crippen LogP contribution >= 0.6 is 11.9 Å². The molecule has 0 fully saturated rings. The van der Waals surface area contributed by atoms with Gasteiger partial charge in [-0.2, -0.15) is 4.83 Å². The Balaban J connectivity index is 1.57. The molecule has 3 aromatic rings. The van der Waals surface area contributed by atoms with Gasteiger partial charge in [0.05, 0.1) is 10.6 Å². The second-order valence-corrected chi connectivity index (χ2v) is 7.64. The Bertz CT molecular complexity index is 1040. The van der Waals surface area contributed by atoms with Crippen molar-refractivity contribution in [1.82, 2.24) is 15.2 Å². The van der Waals surface area contributed by atoms with Gasteiger partial charge in [0, 0.05) is 23.9 Å². The van der Waals surface area contributed by atoms with Gasteiger partial charge in [-0.15, -0.1) is 0 Å². The fraction of sp³-hybridized carbons (Fsp3) is 0.130. The number of aryl methyl sites for hydroxylation is 1. The molecular formula is C23H21N3OS. The molecule has 5 heteroatoms. The molecule has 2 aromatic carbocycles. The maximum Gasteiger partial charge on any atom is 0.176 e. The van der Waals surface area contributed by atoms with Gasteiger partial charge in [-0.25, -0.2) is 0 Å². The van der Waals surface area contributed by atoms with Crippen LogP contribution in [0.2, 0.25) is 0 Å². The number of aromatic nitrogens is 1. The van der Waals surface area contributed by atoms with E-state index in [4.69, 9.17) is 0 Å². The molecule has 0 atom stereocenters. The van der Waals surface area contributed by atoms with Crippen molar-refractivity contribution < 1.29 is 4.79 Å². The van der Waals surface area contributed by atoms with Crippen LogP contribution in [0.15, 0.2) is 77.5 Å². The highest BCUT2D eigenvalue weighted by atomic mass is 32.2. The molecule has 0 saturated carbocycles. The summed E-state index contributed by atoms with van der Waals surface area (Å²) in [6.07, 6.45) is 2.21. The molecule has 1 aliphatic rings. The predicted octanol–water partition coefficient (Wildman–Crippen LogP) is 4.82. The van der Waals surface area contributed by atoms with Gasteiger partial charge in [0.2, 0.25) is 0 Å². The maximum absolute atomic E-state index is 12.5. The lowest BCUT2D eigenvalue weighted by Gasteiger charge is -2.10. The Kier molecular flexibility index (Phi) is 5.28. The molecule has 0 unspecified atom stereocenters. The number of carbonyl (C=O) groups is 1. The standard InChI is InChI=1S/C23H21N3OS/c1-15-6-9-19(21-5-3-4-12-24-21)14-20(15)18-10-7-17(8-11-18)13-22(27)23-16(2)25-26-28-23/h3-12,14,25-26H,13H2,1-2H3. The quantitative estimate of drug-likeness (QED) is 0.615. The van der Waals surface area contributed by atoms with E-state index in [1.165, 1.54) is 23.1 Å². The van der Waals surface area contributed by atoms with Crippen LogP contribution in [-0.2, 0) is 11.2 Å². The summed E-state index contributed by atoms with van der Waals surface area (Å²) in [7, 11) is 0. The summed E-state index contributed by atoms with van der Waals surface area (Å²) in [5, 5.41) is 0. The van der Waals surface area contributed by atoms with Gasteiger partial charge in [0.15, 0.2) is 5.78 Å². The molecule has 0 spiro atoms. The number of hydrogen-bond donors (Lipinski definition) is 2. The minimum Gasteiger partial charge on any atom is -0.315 e. The Morgan fingerprint density at radius 2 is 1.79 bits per heavy atom. The van der Waals surface area contributed by atoms with Crippen LogP contribution in [0.5, 0.6) is 0 Å². The van der Waals surface area contributed by atoms with E-state index in [0.29, 0.717) is 6.42 Å². The van der Waals surface area contributed by atoms with Gasteiger partial charge in [0.25, 0.3) is 0 Å². The molecule has 0 amide bonds. The van der Waals surface area contributed by atoms with Crippen molar-refractivity contribution in [3.05, 3.63) is 88.6 Å². The minimum atomic E-state index is 0.126. The zero-order chi connectivity index (χ0) is 19.5. The van der Waals surface area contributed by atoms with Crippen LogP contribution in [0.3, 0.4) is 0 Å². The Hall–Kier alpha value is -2.89. The highest BCUT2D eigenvalue weighted by Crippen LogP contribution is 2.29. The van der Waals surface area contributed by atoms with Gasteiger partial charge in [-0.1, -0.05) is 42.5 Å². The van der Waals surface area contributed by atoms with E-state index in [-0.39, 0.29) is 5.78 Å². The normalized spacial score (nSPS) is 13.5. The largest absolute Gasteiger partial charge is 0.315 e. The van der Waals surface area contributed by atoms with Gasteiger partial charge in [-0.3, -0.25) is 9.78 Å². The lowest BCUT2D eigenvalue weighted by molar-refractivity contribution is -0.114. The Morgan fingerprint density at radius 3 is 2.46 bits per heavy atom. The molecule has 4 rings (SSSR count). The number of pyridine rings is 1. The number of nitrogens with zero attached hydrogens (tertiary/aromatic N) is 1. The van der Waals surface area contributed by atoms with Crippen molar-refractivity contribution in [3.63, 3.8) is 0 Å². The summed E-state index contributed by atoms with van der Waals surface area (Å²) in [4.78, 5) is 20.6.